The fraction of sp³-hybridized carbons (Fsp3) is 0.375. The van der Waals surface area contributed by atoms with Crippen molar-refractivity contribution in [2.45, 2.75) is 41.5 Å². The number of thioether (sulfide) groups is 1. The number of hydrogen-bond donors (Lipinski definition) is 0. The van der Waals surface area contributed by atoms with Crippen molar-refractivity contribution in [3.8, 4) is 0 Å². The Kier molecular flexibility index (Phi) is 7.73. The monoisotopic (exact) mass is 248 g/mol. The molecule has 0 spiro atoms. The highest BCUT2D eigenvalue weighted by molar-refractivity contribution is 8.07. The van der Waals surface area contributed by atoms with Gasteiger partial charge in [0.25, 0.3) is 0 Å². The molecule has 0 amide bonds. The van der Waals surface area contributed by atoms with Crippen molar-refractivity contribution in [1.82, 2.24) is 0 Å². The molecule has 0 aromatic heterocycles. The maximum atomic E-state index is 3.78. The first-order chi connectivity index (χ1) is 7.93. The minimum absolute atomic E-state index is 1.23. The maximum Gasteiger partial charge on any atom is 0.0177 e. The average molecular weight is 248 g/mol. The molecule has 0 radical (unpaired) electrons. The van der Waals surface area contributed by atoms with E-state index in [0.717, 1.165) is 0 Å². The van der Waals surface area contributed by atoms with Crippen molar-refractivity contribution in [2.75, 3.05) is 0 Å². The van der Waals surface area contributed by atoms with E-state index in [4.69, 9.17) is 0 Å². The summed E-state index contributed by atoms with van der Waals surface area (Å²) in [5.41, 5.74) is 3.93. The van der Waals surface area contributed by atoms with E-state index >= 15 is 0 Å². The van der Waals surface area contributed by atoms with Gasteiger partial charge in [0.05, 0.1) is 0 Å². The van der Waals surface area contributed by atoms with E-state index in [2.05, 4.69) is 59.4 Å². The highest BCUT2D eigenvalue weighted by atomic mass is 32.2. The summed E-state index contributed by atoms with van der Waals surface area (Å²) in [7, 11) is 0. The summed E-state index contributed by atoms with van der Waals surface area (Å²) in [5, 5.41) is 0. The highest BCUT2D eigenvalue weighted by Gasteiger charge is 2.06. The number of hydrogen-bond acceptors (Lipinski definition) is 1. The van der Waals surface area contributed by atoms with E-state index < -0.39 is 0 Å². The molecule has 0 heterocycles. The molecule has 0 aliphatic rings. The normalized spacial score (nSPS) is 11.5. The molecule has 0 aromatic carbocycles. The van der Waals surface area contributed by atoms with Crippen LogP contribution in [0.3, 0.4) is 0 Å². The van der Waals surface area contributed by atoms with Crippen LogP contribution >= 0.6 is 11.8 Å². The van der Waals surface area contributed by atoms with Crippen LogP contribution in [0, 0.1) is 0 Å². The van der Waals surface area contributed by atoms with Crippen molar-refractivity contribution >= 4 is 11.8 Å². The van der Waals surface area contributed by atoms with Crippen LogP contribution in [-0.2, 0) is 0 Å². The Labute approximate surface area is 111 Å². The van der Waals surface area contributed by atoms with Crippen LogP contribution < -0.4 is 0 Å². The molecule has 0 unspecified atom stereocenters. The maximum absolute atomic E-state index is 3.78. The zero-order valence-corrected chi connectivity index (χ0v) is 12.7. The minimum Gasteiger partial charge on any atom is -0.0990 e. The molecule has 0 saturated carbocycles. The molecule has 0 nitrogen and oxygen atoms in total. The van der Waals surface area contributed by atoms with Crippen LogP contribution in [0.5, 0.6) is 0 Å². The lowest BCUT2D eigenvalue weighted by atomic mass is 10.1. The van der Waals surface area contributed by atoms with Gasteiger partial charge >= 0.3 is 0 Å². The first kappa shape index (κ1) is 16.1. The van der Waals surface area contributed by atoms with E-state index in [-0.39, 0.29) is 0 Å². The molecule has 0 N–H and O–H groups in total. The molecule has 17 heavy (non-hydrogen) atoms. The molecule has 0 bridgehead atoms. The highest BCUT2D eigenvalue weighted by Crippen LogP contribution is 2.35. The Morgan fingerprint density at radius 2 is 1.59 bits per heavy atom. The Balaban J connectivity index is 5.41. The molecule has 0 aliphatic carbocycles. The van der Waals surface area contributed by atoms with Gasteiger partial charge in [-0.2, -0.15) is 0 Å². The number of rotatable bonds is 5. The zero-order valence-electron chi connectivity index (χ0n) is 11.9. The molecule has 0 rings (SSSR count). The third-order valence-electron chi connectivity index (χ3n) is 2.32. The Morgan fingerprint density at radius 3 is 1.94 bits per heavy atom. The van der Waals surface area contributed by atoms with E-state index in [9.17, 15) is 0 Å². The fourth-order valence-electron chi connectivity index (χ4n) is 1.22. The topological polar surface area (TPSA) is 0 Å². The van der Waals surface area contributed by atoms with Gasteiger partial charge in [-0.15, -0.1) is 0 Å². The van der Waals surface area contributed by atoms with Crippen molar-refractivity contribution in [2.24, 2.45) is 0 Å². The second kappa shape index (κ2) is 8.19. The quantitative estimate of drug-likeness (QED) is 0.536. The van der Waals surface area contributed by atoms with Crippen LogP contribution in [0.15, 0.2) is 57.4 Å². The van der Waals surface area contributed by atoms with Crippen LogP contribution in [0.2, 0.25) is 0 Å². The molecule has 94 valence electrons. The third kappa shape index (κ3) is 5.78. The lowest BCUT2D eigenvalue weighted by molar-refractivity contribution is 1.33. The van der Waals surface area contributed by atoms with E-state index in [1.54, 1.807) is 0 Å². The lowest BCUT2D eigenvalue weighted by Gasteiger charge is -2.12. The van der Waals surface area contributed by atoms with Gasteiger partial charge in [-0.25, -0.2) is 0 Å². The predicted octanol–water partition coefficient (Wildman–Crippen LogP) is 6.02. The molecule has 1 heteroatoms. The molecule has 0 aromatic rings. The van der Waals surface area contributed by atoms with Gasteiger partial charge in [-0.3, -0.25) is 0 Å². The summed E-state index contributed by atoms with van der Waals surface area (Å²) in [4.78, 5) is 2.68. The predicted molar refractivity (Wildman–Crippen MR) is 83.1 cm³/mol. The zero-order chi connectivity index (χ0) is 13.4. The van der Waals surface area contributed by atoms with E-state index in [0.29, 0.717) is 0 Å². The summed E-state index contributed by atoms with van der Waals surface area (Å²) in [5.74, 6) is 0. The molecule has 0 aliphatic heterocycles. The Bertz CT molecular complexity index is 382. The van der Waals surface area contributed by atoms with Crippen LogP contribution in [0.25, 0.3) is 0 Å². The summed E-state index contributed by atoms with van der Waals surface area (Å²) < 4.78 is 0. The summed E-state index contributed by atoms with van der Waals surface area (Å²) in [6.07, 6.45) is 8.11. The van der Waals surface area contributed by atoms with Gasteiger partial charge in [0.1, 0.15) is 0 Å². The molecular weight excluding hydrogens is 224 g/mol. The van der Waals surface area contributed by atoms with E-state index in [1.807, 2.05) is 24.8 Å². The molecular formula is C16H24S. The van der Waals surface area contributed by atoms with E-state index in [1.165, 1.54) is 26.5 Å². The summed E-state index contributed by atoms with van der Waals surface area (Å²) in [6, 6.07) is 0. The average Bonchev–Trinajstić information content (AvgIpc) is 2.24. The first-order valence-electron chi connectivity index (χ1n) is 5.89. The van der Waals surface area contributed by atoms with Gasteiger partial charge < -0.3 is 0 Å². The van der Waals surface area contributed by atoms with Gasteiger partial charge in [0, 0.05) is 4.91 Å². The van der Waals surface area contributed by atoms with Crippen molar-refractivity contribution in [3.05, 3.63) is 57.4 Å². The second-order valence-corrected chi connectivity index (χ2v) is 5.57. The molecule has 0 atom stereocenters. The number of allylic oxidation sites excluding steroid dienone is 8. The van der Waals surface area contributed by atoms with Crippen molar-refractivity contribution in [1.29, 1.82) is 0 Å². The van der Waals surface area contributed by atoms with Crippen LogP contribution in [0.4, 0.5) is 0 Å². The van der Waals surface area contributed by atoms with Crippen LogP contribution in [0.1, 0.15) is 41.5 Å². The Morgan fingerprint density at radius 1 is 1.00 bits per heavy atom. The minimum atomic E-state index is 1.23. The van der Waals surface area contributed by atoms with Gasteiger partial charge in [0.2, 0.25) is 0 Å². The SMILES string of the molecule is C=C/C=C(\C=C/C)C(SC(C)=C(C)C)=C(C)C. The van der Waals surface area contributed by atoms with Gasteiger partial charge in [-0.1, -0.05) is 53.8 Å². The summed E-state index contributed by atoms with van der Waals surface area (Å²) in [6.45, 7) is 16.6. The van der Waals surface area contributed by atoms with Crippen molar-refractivity contribution < 1.29 is 0 Å². The smallest absolute Gasteiger partial charge is 0.0177 e. The second-order valence-electron chi connectivity index (χ2n) is 4.35. The third-order valence-corrected chi connectivity index (χ3v) is 3.88. The lowest BCUT2D eigenvalue weighted by Crippen LogP contribution is -1.87. The Hall–Kier alpha value is -0.950. The largest absolute Gasteiger partial charge is 0.0990 e. The van der Waals surface area contributed by atoms with Gasteiger partial charge in [-0.05, 0) is 52.0 Å². The van der Waals surface area contributed by atoms with Crippen molar-refractivity contribution in [3.63, 3.8) is 0 Å². The first-order valence-corrected chi connectivity index (χ1v) is 6.70. The molecule has 0 saturated heterocycles. The fourth-order valence-corrected chi connectivity index (χ4v) is 2.19. The van der Waals surface area contributed by atoms with Crippen LogP contribution in [-0.4, -0.2) is 0 Å². The summed E-state index contributed by atoms with van der Waals surface area (Å²) >= 11 is 1.84. The van der Waals surface area contributed by atoms with Gasteiger partial charge in [0.15, 0.2) is 0 Å². The standard InChI is InChI=1S/C16H24S/c1-8-10-15(11-9-2)16(13(5)6)17-14(7)12(3)4/h8-11H,1H2,2-7H3/b11-9-,15-10+. The molecule has 0 fully saturated rings.